The first-order valence-corrected chi connectivity index (χ1v) is 9.31. The van der Waals surface area contributed by atoms with Crippen LogP contribution in [0.15, 0.2) is 48.5 Å². The van der Waals surface area contributed by atoms with Gasteiger partial charge in [-0.3, -0.25) is 9.59 Å². The number of ketones is 1. The average Bonchev–Trinajstić information content (AvgIpc) is 2.98. The molecule has 2 aromatic carbocycles. The average molecular weight is 378 g/mol. The topological polar surface area (TPSA) is 72.6 Å². The number of carbonyl (C=O) groups excluding carboxylic acids is 2. The van der Waals surface area contributed by atoms with Gasteiger partial charge in [0.2, 0.25) is 0 Å². The van der Waals surface area contributed by atoms with Gasteiger partial charge in [0, 0.05) is 23.1 Å². The highest BCUT2D eigenvalue weighted by atomic mass is 32.1. The van der Waals surface area contributed by atoms with E-state index in [-0.39, 0.29) is 18.3 Å². The molecule has 1 aliphatic heterocycles. The number of nitrogen functional groups attached to an aromatic ring is 1. The number of aryl methyl sites for hydroxylation is 1. The van der Waals surface area contributed by atoms with Gasteiger partial charge in [-0.2, -0.15) is 0 Å². The molecule has 3 aromatic rings. The van der Waals surface area contributed by atoms with Gasteiger partial charge in [0.25, 0.3) is 5.91 Å². The maximum atomic E-state index is 13.3. The molecule has 0 atom stereocenters. The molecular weight excluding hydrogens is 360 g/mol. The lowest BCUT2D eigenvalue weighted by atomic mass is 9.95. The summed E-state index contributed by atoms with van der Waals surface area (Å²) in [5.74, 6) is 0.277. The van der Waals surface area contributed by atoms with Crippen molar-refractivity contribution in [2.24, 2.45) is 0 Å². The van der Waals surface area contributed by atoms with E-state index >= 15 is 0 Å². The predicted octanol–water partition coefficient (Wildman–Crippen LogP) is 3.89. The smallest absolute Gasteiger partial charge is 0.264 e. The maximum Gasteiger partial charge on any atom is 0.264 e. The van der Waals surface area contributed by atoms with Crippen LogP contribution >= 0.6 is 11.3 Å². The molecule has 1 amide bonds. The number of nitrogens with two attached hydrogens (primary N) is 1. The Hall–Kier alpha value is -3.12. The molecule has 0 spiro atoms. The molecule has 0 saturated heterocycles. The number of likely N-dealkylation sites (N-methyl/N-ethyl adjacent to an activating group) is 1. The van der Waals surface area contributed by atoms with Gasteiger partial charge in [0.05, 0.1) is 16.3 Å². The number of nitrogens with zero attached hydrogens (tertiary/aromatic N) is 1. The van der Waals surface area contributed by atoms with Crippen LogP contribution < -0.4 is 15.4 Å². The lowest BCUT2D eigenvalue weighted by Gasteiger charge is -2.26. The van der Waals surface area contributed by atoms with E-state index in [0.29, 0.717) is 27.6 Å². The Kier molecular flexibility index (Phi) is 4.20. The molecule has 0 radical (unpaired) electrons. The van der Waals surface area contributed by atoms with E-state index in [0.717, 1.165) is 16.0 Å². The van der Waals surface area contributed by atoms with Crippen molar-refractivity contribution in [3.05, 3.63) is 64.5 Å². The number of carbonyl (C=O) groups is 2. The van der Waals surface area contributed by atoms with Gasteiger partial charge in [-0.25, -0.2) is 0 Å². The Labute approximate surface area is 161 Å². The van der Waals surface area contributed by atoms with Gasteiger partial charge >= 0.3 is 0 Å². The van der Waals surface area contributed by atoms with Crippen molar-refractivity contribution in [1.82, 2.24) is 0 Å². The van der Waals surface area contributed by atoms with Crippen molar-refractivity contribution < 1.29 is 14.3 Å². The molecule has 0 bridgehead atoms. The second kappa shape index (κ2) is 6.55. The van der Waals surface area contributed by atoms with Crippen LogP contribution in [0.3, 0.4) is 0 Å². The van der Waals surface area contributed by atoms with E-state index < -0.39 is 0 Å². The van der Waals surface area contributed by atoms with E-state index in [2.05, 4.69) is 0 Å². The quantitative estimate of drug-likeness (QED) is 0.702. The molecule has 4 rings (SSSR count). The molecule has 27 heavy (non-hydrogen) atoms. The second-order valence-corrected chi connectivity index (χ2v) is 7.65. The summed E-state index contributed by atoms with van der Waals surface area (Å²) in [6, 6.07) is 14.9. The summed E-state index contributed by atoms with van der Waals surface area (Å²) >= 11 is 1.41. The lowest BCUT2D eigenvalue weighted by Crippen LogP contribution is -2.35. The Morgan fingerprint density at radius 1 is 1.19 bits per heavy atom. The van der Waals surface area contributed by atoms with Crippen molar-refractivity contribution in [1.29, 1.82) is 0 Å². The fraction of sp³-hybridized carbons (Fsp3) is 0.143. The zero-order chi connectivity index (χ0) is 19.1. The molecule has 5 nitrogen and oxygen atoms in total. The van der Waals surface area contributed by atoms with Crippen LogP contribution in [0.4, 0.5) is 10.7 Å². The van der Waals surface area contributed by atoms with Crippen LogP contribution in [0, 0.1) is 6.92 Å². The number of ether oxygens (including phenoxy) is 1. The number of hydrogen-bond donors (Lipinski definition) is 1. The Morgan fingerprint density at radius 2 is 1.93 bits per heavy atom. The largest absolute Gasteiger partial charge is 0.482 e. The van der Waals surface area contributed by atoms with Gasteiger partial charge in [-0.05, 0) is 30.7 Å². The van der Waals surface area contributed by atoms with Crippen LogP contribution in [0.2, 0.25) is 0 Å². The van der Waals surface area contributed by atoms with Gasteiger partial charge in [0.1, 0.15) is 5.75 Å². The Balaban J connectivity index is 1.82. The third-order valence-corrected chi connectivity index (χ3v) is 5.64. The minimum Gasteiger partial charge on any atom is -0.482 e. The van der Waals surface area contributed by atoms with E-state index in [1.165, 1.54) is 16.2 Å². The summed E-state index contributed by atoms with van der Waals surface area (Å²) in [4.78, 5) is 27.7. The van der Waals surface area contributed by atoms with Crippen molar-refractivity contribution in [2.75, 3.05) is 24.3 Å². The molecule has 2 N–H and O–H groups in total. The molecule has 0 unspecified atom stereocenters. The maximum absolute atomic E-state index is 13.3. The third kappa shape index (κ3) is 2.88. The van der Waals surface area contributed by atoms with Crippen LogP contribution in [-0.4, -0.2) is 25.3 Å². The molecule has 0 fully saturated rings. The number of hydrogen-bond acceptors (Lipinski definition) is 5. The van der Waals surface area contributed by atoms with E-state index in [1.807, 2.05) is 37.3 Å². The Morgan fingerprint density at radius 3 is 2.67 bits per heavy atom. The van der Waals surface area contributed by atoms with Gasteiger partial charge in [-0.1, -0.05) is 30.3 Å². The number of fused-ring (bicyclic) bond motifs is 1. The minimum atomic E-state index is -0.162. The summed E-state index contributed by atoms with van der Waals surface area (Å²) in [7, 11) is 1.68. The number of benzene rings is 2. The van der Waals surface area contributed by atoms with Crippen molar-refractivity contribution in [3.8, 4) is 16.9 Å². The molecule has 0 saturated carbocycles. The monoisotopic (exact) mass is 378 g/mol. The molecule has 6 heteroatoms. The molecule has 136 valence electrons. The highest BCUT2D eigenvalue weighted by molar-refractivity contribution is 7.16. The fourth-order valence-electron chi connectivity index (χ4n) is 3.30. The van der Waals surface area contributed by atoms with Crippen molar-refractivity contribution in [2.45, 2.75) is 6.92 Å². The summed E-state index contributed by atoms with van der Waals surface area (Å²) in [6.45, 7) is 1.97. The molecule has 2 heterocycles. The highest BCUT2D eigenvalue weighted by Gasteiger charge is 2.26. The van der Waals surface area contributed by atoms with Gasteiger partial charge < -0.3 is 15.4 Å². The minimum absolute atomic E-state index is 0.00558. The number of amides is 1. The third-order valence-electron chi connectivity index (χ3n) is 4.71. The van der Waals surface area contributed by atoms with Gasteiger partial charge in [-0.15, -0.1) is 11.3 Å². The molecular formula is C21H18N2O3S. The summed E-state index contributed by atoms with van der Waals surface area (Å²) in [5.41, 5.74) is 9.60. The van der Waals surface area contributed by atoms with Crippen LogP contribution in [0.1, 0.15) is 20.8 Å². The summed E-state index contributed by atoms with van der Waals surface area (Å²) in [6.07, 6.45) is 0. The fourth-order valence-corrected chi connectivity index (χ4v) is 4.25. The number of thiophene rings is 1. The van der Waals surface area contributed by atoms with Gasteiger partial charge in [0.15, 0.2) is 12.4 Å². The van der Waals surface area contributed by atoms with E-state index in [9.17, 15) is 9.59 Å². The highest BCUT2D eigenvalue weighted by Crippen LogP contribution is 2.40. The predicted molar refractivity (Wildman–Crippen MR) is 108 cm³/mol. The van der Waals surface area contributed by atoms with E-state index in [1.54, 1.807) is 25.2 Å². The zero-order valence-electron chi connectivity index (χ0n) is 15.0. The first-order valence-electron chi connectivity index (χ1n) is 8.49. The molecule has 0 aliphatic carbocycles. The summed E-state index contributed by atoms with van der Waals surface area (Å²) in [5, 5.41) is 0.495. The number of anilines is 2. The SMILES string of the molecule is Cc1sc(N)c(C(=O)c2ccc3c(c2)N(C)C(=O)CO3)c1-c1ccccc1. The molecule has 1 aromatic heterocycles. The standard InChI is InChI=1S/C21H18N2O3S/c1-12-18(13-6-4-3-5-7-13)19(21(22)27-12)20(25)14-8-9-16-15(10-14)23(2)17(24)11-26-16/h3-10H,11,22H2,1-2H3. The zero-order valence-corrected chi connectivity index (χ0v) is 15.8. The van der Waals surface area contributed by atoms with Crippen LogP contribution in [0.25, 0.3) is 11.1 Å². The first-order chi connectivity index (χ1) is 13.0. The molecule has 1 aliphatic rings. The second-order valence-electron chi connectivity index (χ2n) is 6.39. The lowest BCUT2D eigenvalue weighted by molar-refractivity contribution is -0.120. The van der Waals surface area contributed by atoms with Crippen LogP contribution in [-0.2, 0) is 4.79 Å². The summed E-state index contributed by atoms with van der Waals surface area (Å²) < 4.78 is 5.44. The van der Waals surface area contributed by atoms with Crippen LogP contribution in [0.5, 0.6) is 5.75 Å². The number of rotatable bonds is 3. The van der Waals surface area contributed by atoms with Crippen molar-refractivity contribution >= 4 is 33.7 Å². The normalized spacial score (nSPS) is 13.3. The first kappa shape index (κ1) is 17.3. The van der Waals surface area contributed by atoms with E-state index in [4.69, 9.17) is 10.5 Å². The van der Waals surface area contributed by atoms with Crippen molar-refractivity contribution in [3.63, 3.8) is 0 Å². The Bertz CT molecular complexity index is 1060.